The van der Waals surface area contributed by atoms with Gasteiger partial charge in [-0.05, 0) is 47.5 Å². The summed E-state index contributed by atoms with van der Waals surface area (Å²) in [5.74, 6) is 0.557. The molecule has 0 saturated carbocycles. The Kier molecular flexibility index (Phi) is 7.64. The summed E-state index contributed by atoms with van der Waals surface area (Å²) in [6.45, 7) is 3.30. The maximum absolute atomic E-state index is 12.6. The Morgan fingerprint density at radius 1 is 0.909 bits per heavy atom. The van der Waals surface area contributed by atoms with Crippen LogP contribution in [0.2, 0.25) is 0 Å². The van der Waals surface area contributed by atoms with E-state index in [0.717, 1.165) is 14.4 Å². The SMILES string of the molecule is CC(=O)Nc1ccc(NC(=O)[C@@H](C)Sc2nnc(SCc3cccc4ccccc34)s2)cc1. The molecule has 1 heterocycles. The maximum Gasteiger partial charge on any atom is 0.237 e. The first-order valence-electron chi connectivity index (χ1n) is 10.3. The van der Waals surface area contributed by atoms with Crippen molar-refractivity contribution >= 4 is 68.8 Å². The molecule has 0 aliphatic rings. The summed E-state index contributed by atoms with van der Waals surface area (Å²) in [5, 5.41) is 16.3. The maximum atomic E-state index is 12.6. The normalized spacial score (nSPS) is 11.8. The van der Waals surface area contributed by atoms with E-state index in [2.05, 4.69) is 57.2 Å². The molecule has 4 rings (SSSR count). The number of nitrogens with one attached hydrogen (secondary N) is 2. The lowest BCUT2D eigenvalue weighted by Gasteiger charge is -2.11. The summed E-state index contributed by atoms with van der Waals surface area (Å²) in [4.78, 5) is 23.7. The fourth-order valence-electron chi connectivity index (χ4n) is 3.15. The van der Waals surface area contributed by atoms with Gasteiger partial charge in [0.25, 0.3) is 0 Å². The number of rotatable bonds is 8. The molecule has 1 aromatic heterocycles. The number of thioether (sulfide) groups is 2. The van der Waals surface area contributed by atoms with Gasteiger partial charge in [-0.15, -0.1) is 10.2 Å². The quantitative estimate of drug-likeness (QED) is 0.290. The minimum Gasteiger partial charge on any atom is -0.326 e. The highest BCUT2D eigenvalue weighted by Gasteiger charge is 2.18. The van der Waals surface area contributed by atoms with E-state index in [4.69, 9.17) is 0 Å². The number of amides is 2. The van der Waals surface area contributed by atoms with Crippen molar-refractivity contribution in [1.29, 1.82) is 0 Å². The fraction of sp³-hybridized carbons (Fsp3) is 0.167. The fourth-order valence-corrected chi connectivity index (χ4v) is 6.32. The van der Waals surface area contributed by atoms with Crippen molar-refractivity contribution in [3.8, 4) is 0 Å². The van der Waals surface area contributed by atoms with Crippen molar-refractivity contribution in [2.75, 3.05) is 10.6 Å². The molecule has 2 amide bonds. The predicted octanol–water partition coefficient (Wildman–Crippen LogP) is 6.06. The molecule has 1 atom stereocenters. The zero-order valence-electron chi connectivity index (χ0n) is 18.1. The Labute approximate surface area is 204 Å². The zero-order chi connectivity index (χ0) is 23.2. The zero-order valence-corrected chi connectivity index (χ0v) is 20.5. The molecule has 0 bridgehead atoms. The van der Waals surface area contributed by atoms with Crippen LogP contribution < -0.4 is 10.6 Å². The molecule has 3 aromatic carbocycles. The van der Waals surface area contributed by atoms with Crippen LogP contribution in [0.15, 0.2) is 75.4 Å². The van der Waals surface area contributed by atoms with Crippen LogP contribution in [0.25, 0.3) is 10.8 Å². The molecule has 0 unspecified atom stereocenters. The topological polar surface area (TPSA) is 84.0 Å². The number of benzene rings is 3. The Morgan fingerprint density at radius 3 is 2.33 bits per heavy atom. The van der Waals surface area contributed by atoms with Gasteiger partial charge >= 0.3 is 0 Å². The predicted molar refractivity (Wildman–Crippen MR) is 138 cm³/mol. The molecule has 33 heavy (non-hydrogen) atoms. The first-order valence-corrected chi connectivity index (χ1v) is 12.9. The average molecular weight is 495 g/mol. The third-order valence-electron chi connectivity index (χ3n) is 4.74. The van der Waals surface area contributed by atoms with Crippen LogP contribution in [0.1, 0.15) is 19.4 Å². The van der Waals surface area contributed by atoms with Gasteiger partial charge in [0, 0.05) is 24.1 Å². The van der Waals surface area contributed by atoms with Gasteiger partial charge in [-0.25, -0.2) is 0 Å². The standard InChI is InChI=1S/C24H22N4O2S3/c1-15(22(30)26-20-12-10-19(11-13-20)25-16(2)29)32-24-28-27-23(33-24)31-14-18-8-5-7-17-6-3-4-9-21(17)18/h3-13,15H,14H2,1-2H3,(H,25,29)(H,26,30)/t15-/m1/s1. The summed E-state index contributed by atoms with van der Waals surface area (Å²) < 4.78 is 1.64. The van der Waals surface area contributed by atoms with Crippen molar-refractivity contribution in [3.63, 3.8) is 0 Å². The average Bonchev–Trinajstić information content (AvgIpc) is 3.25. The highest BCUT2D eigenvalue weighted by atomic mass is 32.2. The van der Waals surface area contributed by atoms with E-state index in [9.17, 15) is 9.59 Å². The molecule has 2 N–H and O–H groups in total. The molecule has 0 fully saturated rings. The lowest BCUT2D eigenvalue weighted by molar-refractivity contribution is -0.115. The van der Waals surface area contributed by atoms with E-state index in [1.165, 1.54) is 46.4 Å². The molecule has 0 aliphatic heterocycles. The van der Waals surface area contributed by atoms with Gasteiger partial charge in [0.1, 0.15) is 0 Å². The Hall–Kier alpha value is -2.88. The van der Waals surface area contributed by atoms with E-state index in [1.54, 1.807) is 36.0 Å². The highest BCUT2D eigenvalue weighted by Crippen LogP contribution is 2.34. The summed E-state index contributed by atoms with van der Waals surface area (Å²) in [5.41, 5.74) is 2.62. The van der Waals surface area contributed by atoms with Crippen LogP contribution in [0.4, 0.5) is 11.4 Å². The number of anilines is 2. The van der Waals surface area contributed by atoms with Gasteiger partial charge < -0.3 is 10.6 Å². The van der Waals surface area contributed by atoms with Gasteiger partial charge in [0.05, 0.1) is 5.25 Å². The molecule has 4 aromatic rings. The van der Waals surface area contributed by atoms with Crippen LogP contribution in [0.3, 0.4) is 0 Å². The van der Waals surface area contributed by atoms with E-state index >= 15 is 0 Å². The molecule has 9 heteroatoms. The Balaban J connectivity index is 1.31. The third-order valence-corrected chi connectivity index (χ3v) is 8.03. The Bertz CT molecular complexity index is 1270. The third kappa shape index (κ3) is 6.34. The smallest absolute Gasteiger partial charge is 0.237 e. The summed E-state index contributed by atoms with van der Waals surface area (Å²) in [6, 6.07) is 21.7. The number of carbonyl (C=O) groups is 2. The van der Waals surface area contributed by atoms with Crippen molar-refractivity contribution in [2.45, 2.75) is 33.5 Å². The van der Waals surface area contributed by atoms with Crippen LogP contribution in [-0.2, 0) is 15.3 Å². The molecule has 0 radical (unpaired) electrons. The molecular weight excluding hydrogens is 472 g/mol. The second kappa shape index (κ2) is 10.8. The molecular formula is C24H22N4O2S3. The first-order chi connectivity index (χ1) is 16.0. The van der Waals surface area contributed by atoms with Crippen LogP contribution in [-0.4, -0.2) is 27.3 Å². The summed E-state index contributed by atoms with van der Waals surface area (Å²) in [7, 11) is 0. The molecule has 6 nitrogen and oxygen atoms in total. The minimum absolute atomic E-state index is 0.118. The number of carbonyl (C=O) groups excluding carboxylic acids is 2. The largest absolute Gasteiger partial charge is 0.326 e. The molecule has 0 aliphatic carbocycles. The van der Waals surface area contributed by atoms with Crippen LogP contribution in [0, 0.1) is 0 Å². The first kappa shape index (κ1) is 23.3. The second-order valence-electron chi connectivity index (χ2n) is 7.27. The van der Waals surface area contributed by atoms with Gasteiger partial charge in [0.15, 0.2) is 8.68 Å². The van der Waals surface area contributed by atoms with E-state index < -0.39 is 0 Å². The number of fused-ring (bicyclic) bond motifs is 1. The van der Waals surface area contributed by atoms with Crippen LogP contribution in [0.5, 0.6) is 0 Å². The number of aromatic nitrogens is 2. The number of hydrogen-bond acceptors (Lipinski definition) is 7. The molecule has 0 spiro atoms. The van der Waals surface area contributed by atoms with Crippen molar-refractivity contribution in [1.82, 2.24) is 10.2 Å². The van der Waals surface area contributed by atoms with Gasteiger partial charge in [0.2, 0.25) is 11.8 Å². The number of hydrogen-bond donors (Lipinski definition) is 2. The summed E-state index contributed by atoms with van der Waals surface area (Å²) >= 11 is 4.54. The van der Waals surface area contributed by atoms with Crippen molar-refractivity contribution in [2.24, 2.45) is 0 Å². The molecule has 168 valence electrons. The monoisotopic (exact) mass is 494 g/mol. The van der Waals surface area contributed by atoms with Crippen molar-refractivity contribution < 1.29 is 9.59 Å². The lowest BCUT2D eigenvalue weighted by atomic mass is 10.1. The van der Waals surface area contributed by atoms with E-state index in [1.807, 2.05) is 13.0 Å². The molecule has 0 saturated heterocycles. The van der Waals surface area contributed by atoms with Gasteiger partial charge in [-0.1, -0.05) is 77.3 Å². The lowest BCUT2D eigenvalue weighted by Crippen LogP contribution is -2.22. The highest BCUT2D eigenvalue weighted by molar-refractivity contribution is 8.03. The van der Waals surface area contributed by atoms with E-state index in [-0.39, 0.29) is 17.1 Å². The van der Waals surface area contributed by atoms with Gasteiger partial charge in [-0.2, -0.15) is 0 Å². The van der Waals surface area contributed by atoms with E-state index in [0.29, 0.717) is 11.4 Å². The minimum atomic E-state index is -0.330. The number of nitrogens with zero attached hydrogens (tertiary/aromatic N) is 2. The van der Waals surface area contributed by atoms with Crippen LogP contribution >= 0.6 is 34.9 Å². The van der Waals surface area contributed by atoms with Gasteiger partial charge in [-0.3, -0.25) is 9.59 Å². The van der Waals surface area contributed by atoms with Crippen molar-refractivity contribution in [3.05, 3.63) is 72.3 Å². The second-order valence-corrected chi connectivity index (χ2v) is 11.1. The summed E-state index contributed by atoms with van der Waals surface area (Å²) in [6.07, 6.45) is 0. The Morgan fingerprint density at radius 2 is 1.58 bits per heavy atom.